The fraction of sp³-hybridized carbons (Fsp3) is 0.143. The molecule has 8 heteroatoms. The molecule has 1 N–H and O–H groups in total. The number of fused-ring (bicyclic) bond motifs is 1. The van der Waals surface area contributed by atoms with Crippen molar-refractivity contribution >= 4 is 32.8 Å². The smallest absolute Gasteiger partial charge is 0.241 e. The zero-order valence-corrected chi connectivity index (χ0v) is 13.3. The molecule has 2 aromatic carbocycles. The predicted octanol–water partition coefficient (Wildman–Crippen LogP) is 2.18. The molecule has 0 saturated carbocycles. The van der Waals surface area contributed by atoms with Crippen molar-refractivity contribution in [3.8, 4) is 5.75 Å². The number of nitrogens with one attached hydrogen (secondary N) is 1. The lowest BCUT2D eigenvalue weighted by Crippen LogP contribution is -2.23. The summed E-state index contributed by atoms with van der Waals surface area (Å²) in [6.07, 6.45) is 0. The van der Waals surface area contributed by atoms with Gasteiger partial charge >= 0.3 is 0 Å². The molecule has 6 nitrogen and oxygen atoms in total. The molecule has 0 bridgehead atoms. The summed E-state index contributed by atoms with van der Waals surface area (Å²) >= 11 is 1.13. The summed E-state index contributed by atoms with van der Waals surface area (Å²) in [5.41, 5.74) is 2.40. The number of ether oxygens (including phenoxy) is 1. The van der Waals surface area contributed by atoms with Crippen molar-refractivity contribution in [3.63, 3.8) is 0 Å². The van der Waals surface area contributed by atoms with Crippen LogP contribution in [0, 0.1) is 0 Å². The van der Waals surface area contributed by atoms with Gasteiger partial charge in [0.05, 0.1) is 23.7 Å². The molecule has 1 aromatic heterocycles. The first-order valence-electron chi connectivity index (χ1n) is 6.43. The minimum absolute atomic E-state index is 0.170. The van der Waals surface area contributed by atoms with E-state index in [2.05, 4.69) is 13.5 Å². The van der Waals surface area contributed by atoms with Gasteiger partial charge in [0.1, 0.15) is 16.8 Å². The van der Waals surface area contributed by atoms with Gasteiger partial charge in [-0.2, -0.15) is 8.75 Å². The van der Waals surface area contributed by atoms with E-state index in [4.69, 9.17) is 4.74 Å². The third-order valence-electron chi connectivity index (χ3n) is 3.14. The summed E-state index contributed by atoms with van der Waals surface area (Å²) in [6, 6.07) is 11.8. The molecule has 0 aliphatic carbocycles. The Kier molecular flexibility index (Phi) is 4.06. The van der Waals surface area contributed by atoms with Crippen LogP contribution in [0.3, 0.4) is 0 Å². The Bertz CT molecular complexity index is 906. The minimum Gasteiger partial charge on any atom is -0.497 e. The number of methoxy groups -OCH3 is 1. The number of nitrogens with zero attached hydrogens (tertiary/aromatic N) is 2. The van der Waals surface area contributed by atoms with Crippen molar-refractivity contribution in [1.82, 2.24) is 13.5 Å². The van der Waals surface area contributed by atoms with E-state index in [9.17, 15) is 8.42 Å². The van der Waals surface area contributed by atoms with Crippen LogP contribution >= 0.6 is 11.7 Å². The Hall–Kier alpha value is -2.03. The quantitative estimate of drug-likeness (QED) is 0.773. The van der Waals surface area contributed by atoms with Crippen LogP contribution in [0.4, 0.5) is 0 Å². The van der Waals surface area contributed by atoms with Crippen LogP contribution in [0.25, 0.3) is 11.0 Å². The highest BCUT2D eigenvalue weighted by Crippen LogP contribution is 2.18. The van der Waals surface area contributed by atoms with Gasteiger partial charge in [-0.05, 0) is 29.8 Å². The van der Waals surface area contributed by atoms with Crippen molar-refractivity contribution in [2.45, 2.75) is 11.4 Å². The molecule has 0 spiro atoms. The molecule has 0 saturated heterocycles. The van der Waals surface area contributed by atoms with Gasteiger partial charge in [0.25, 0.3) is 0 Å². The topological polar surface area (TPSA) is 81.2 Å². The number of hydrogen-bond donors (Lipinski definition) is 1. The molecule has 3 rings (SSSR count). The van der Waals surface area contributed by atoms with Crippen LogP contribution < -0.4 is 9.46 Å². The molecule has 0 atom stereocenters. The van der Waals surface area contributed by atoms with Gasteiger partial charge in [-0.25, -0.2) is 13.1 Å². The average molecular weight is 335 g/mol. The molecular formula is C14H13N3O3S2. The predicted molar refractivity (Wildman–Crippen MR) is 84.4 cm³/mol. The summed E-state index contributed by atoms with van der Waals surface area (Å²) in [4.78, 5) is 0.170. The molecule has 1 heterocycles. The SMILES string of the molecule is COc1cccc(S(=O)(=O)NCc2ccc3nsnc3c2)c1. The average Bonchev–Trinajstić information content (AvgIpc) is 3.00. The summed E-state index contributed by atoms with van der Waals surface area (Å²) in [6.45, 7) is 0.188. The van der Waals surface area contributed by atoms with Crippen LogP contribution in [0.1, 0.15) is 5.56 Å². The maximum atomic E-state index is 12.3. The van der Waals surface area contributed by atoms with Gasteiger partial charge in [-0.15, -0.1) is 0 Å². The highest BCUT2D eigenvalue weighted by atomic mass is 32.2. The summed E-state index contributed by atoms with van der Waals surface area (Å²) in [5, 5.41) is 0. The van der Waals surface area contributed by atoms with Crippen molar-refractivity contribution in [3.05, 3.63) is 48.0 Å². The van der Waals surface area contributed by atoms with Gasteiger partial charge in [-0.3, -0.25) is 0 Å². The minimum atomic E-state index is -3.59. The summed E-state index contributed by atoms with van der Waals surface area (Å²) < 4.78 is 40.5. The van der Waals surface area contributed by atoms with Crippen molar-refractivity contribution < 1.29 is 13.2 Å². The van der Waals surface area contributed by atoms with Crippen LogP contribution in [-0.2, 0) is 16.6 Å². The van der Waals surface area contributed by atoms with Gasteiger partial charge in [0, 0.05) is 12.6 Å². The molecule has 0 aliphatic rings. The second-order valence-electron chi connectivity index (χ2n) is 4.59. The highest BCUT2D eigenvalue weighted by Gasteiger charge is 2.14. The Balaban J connectivity index is 1.78. The third-order valence-corrected chi connectivity index (χ3v) is 5.09. The number of aromatic nitrogens is 2. The van der Waals surface area contributed by atoms with Gasteiger partial charge in [-0.1, -0.05) is 12.1 Å². The number of hydrogen-bond acceptors (Lipinski definition) is 6. The Morgan fingerprint density at radius 3 is 2.77 bits per heavy atom. The second kappa shape index (κ2) is 5.99. The molecule has 22 heavy (non-hydrogen) atoms. The largest absolute Gasteiger partial charge is 0.497 e. The second-order valence-corrected chi connectivity index (χ2v) is 6.89. The maximum Gasteiger partial charge on any atom is 0.241 e. The molecule has 114 valence electrons. The number of rotatable bonds is 5. The lowest BCUT2D eigenvalue weighted by molar-refractivity contribution is 0.413. The fourth-order valence-electron chi connectivity index (χ4n) is 1.97. The molecule has 0 aliphatic heterocycles. The van der Waals surface area contributed by atoms with Gasteiger partial charge < -0.3 is 4.74 Å². The van der Waals surface area contributed by atoms with E-state index < -0.39 is 10.0 Å². The van der Waals surface area contributed by atoms with Crippen LogP contribution in [0.2, 0.25) is 0 Å². The Labute approximate surface area is 132 Å². The zero-order chi connectivity index (χ0) is 15.6. The standard InChI is InChI=1S/C14H13N3O3S2/c1-20-11-3-2-4-12(8-11)22(18,19)15-9-10-5-6-13-14(7-10)17-21-16-13/h2-8,15H,9H2,1H3. The first kappa shape index (κ1) is 14.9. The zero-order valence-electron chi connectivity index (χ0n) is 11.7. The van der Waals surface area contributed by atoms with E-state index in [1.165, 1.54) is 19.2 Å². The number of sulfonamides is 1. The van der Waals surface area contributed by atoms with Crippen LogP contribution in [-0.4, -0.2) is 24.3 Å². The van der Waals surface area contributed by atoms with E-state index in [1.807, 2.05) is 18.2 Å². The van der Waals surface area contributed by atoms with E-state index in [-0.39, 0.29) is 11.4 Å². The van der Waals surface area contributed by atoms with Gasteiger partial charge in [0.15, 0.2) is 0 Å². The van der Waals surface area contributed by atoms with E-state index in [1.54, 1.807) is 12.1 Å². The molecule has 0 amide bonds. The first-order chi connectivity index (χ1) is 10.6. The van der Waals surface area contributed by atoms with Crippen molar-refractivity contribution in [2.24, 2.45) is 0 Å². The summed E-state index contributed by atoms with van der Waals surface area (Å²) in [5.74, 6) is 0.498. The molecular weight excluding hydrogens is 322 g/mol. The van der Waals surface area contributed by atoms with E-state index in [0.29, 0.717) is 5.75 Å². The van der Waals surface area contributed by atoms with Crippen LogP contribution in [0.5, 0.6) is 5.75 Å². The molecule has 0 unspecified atom stereocenters. The molecule has 0 fully saturated rings. The first-order valence-corrected chi connectivity index (χ1v) is 8.65. The lowest BCUT2D eigenvalue weighted by Gasteiger charge is -2.08. The molecule has 0 radical (unpaired) electrons. The Morgan fingerprint density at radius 1 is 1.14 bits per heavy atom. The van der Waals surface area contributed by atoms with Crippen molar-refractivity contribution in [1.29, 1.82) is 0 Å². The normalized spacial score (nSPS) is 11.7. The molecule has 3 aromatic rings. The van der Waals surface area contributed by atoms with E-state index in [0.717, 1.165) is 28.3 Å². The lowest BCUT2D eigenvalue weighted by atomic mass is 10.2. The van der Waals surface area contributed by atoms with Crippen molar-refractivity contribution in [2.75, 3.05) is 7.11 Å². The maximum absolute atomic E-state index is 12.3. The fourth-order valence-corrected chi connectivity index (χ4v) is 3.54. The van der Waals surface area contributed by atoms with E-state index >= 15 is 0 Å². The third kappa shape index (κ3) is 3.08. The summed E-state index contributed by atoms with van der Waals surface area (Å²) in [7, 11) is -2.10. The van der Waals surface area contributed by atoms with Crippen LogP contribution in [0.15, 0.2) is 47.4 Å². The Morgan fingerprint density at radius 2 is 1.95 bits per heavy atom. The number of benzene rings is 2. The monoisotopic (exact) mass is 335 g/mol. The van der Waals surface area contributed by atoms with Gasteiger partial charge in [0.2, 0.25) is 10.0 Å². The highest BCUT2D eigenvalue weighted by molar-refractivity contribution is 7.89.